The van der Waals surface area contributed by atoms with Gasteiger partial charge >= 0.3 is 0 Å². The van der Waals surface area contributed by atoms with Crippen LogP contribution in [0.4, 0.5) is 0 Å². The first-order valence-corrected chi connectivity index (χ1v) is 8.81. The third kappa shape index (κ3) is 3.25. The largest absolute Gasteiger partial charge is 0.486 e. The summed E-state index contributed by atoms with van der Waals surface area (Å²) in [6.07, 6.45) is 1.06. The van der Waals surface area contributed by atoms with E-state index in [0.717, 1.165) is 28.9 Å². The normalized spacial score (nSPS) is 18.5. The Morgan fingerprint density at radius 2 is 2.14 bits per heavy atom. The summed E-state index contributed by atoms with van der Waals surface area (Å²) in [5.41, 5.74) is 0. The Bertz CT molecular complexity index is 601. The maximum absolute atomic E-state index is 6.17. The molecule has 3 nitrogen and oxygen atoms in total. The lowest BCUT2D eigenvalue weighted by Crippen LogP contribution is -2.41. The fourth-order valence-electron chi connectivity index (χ4n) is 2.42. The van der Waals surface area contributed by atoms with Gasteiger partial charge in [-0.1, -0.05) is 19.1 Å². The Kier molecular flexibility index (Phi) is 4.83. The number of thiophene rings is 1. The van der Waals surface area contributed by atoms with Crippen molar-refractivity contribution in [2.45, 2.75) is 25.5 Å². The Morgan fingerprint density at radius 3 is 2.86 bits per heavy atom. The number of hydrogen-bond donors (Lipinski definition) is 1. The van der Waals surface area contributed by atoms with Crippen molar-refractivity contribution in [1.29, 1.82) is 0 Å². The number of benzene rings is 1. The van der Waals surface area contributed by atoms with Gasteiger partial charge in [-0.2, -0.15) is 0 Å². The van der Waals surface area contributed by atoms with Crippen molar-refractivity contribution >= 4 is 27.3 Å². The molecule has 0 aliphatic carbocycles. The van der Waals surface area contributed by atoms with Gasteiger partial charge in [0.1, 0.15) is 6.61 Å². The zero-order valence-corrected chi connectivity index (χ0v) is 14.2. The predicted octanol–water partition coefficient (Wildman–Crippen LogP) is 4.39. The second-order valence-corrected chi connectivity index (χ2v) is 6.78. The lowest BCUT2D eigenvalue weighted by atomic mass is 10.1. The number of nitrogens with one attached hydrogen (secondary N) is 1. The first-order chi connectivity index (χ1) is 10.3. The Labute approximate surface area is 137 Å². The molecule has 0 fully saturated rings. The highest BCUT2D eigenvalue weighted by Gasteiger charge is 2.31. The summed E-state index contributed by atoms with van der Waals surface area (Å²) in [6, 6.07) is 10.1. The van der Waals surface area contributed by atoms with Crippen LogP contribution in [-0.4, -0.2) is 19.3 Å². The monoisotopic (exact) mass is 367 g/mol. The fourth-order valence-corrected chi connectivity index (χ4v) is 4.17. The highest BCUT2D eigenvalue weighted by molar-refractivity contribution is 9.10. The molecule has 112 valence electrons. The zero-order chi connectivity index (χ0) is 14.7. The minimum Gasteiger partial charge on any atom is -0.486 e. The topological polar surface area (TPSA) is 30.5 Å². The highest BCUT2D eigenvalue weighted by Crippen LogP contribution is 2.37. The molecular formula is C16H18BrNO2S. The Balaban J connectivity index is 1.83. The number of halogens is 1. The number of para-hydroxylation sites is 2. The smallest absolute Gasteiger partial charge is 0.161 e. The molecule has 2 aromatic rings. The maximum atomic E-state index is 6.17. The van der Waals surface area contributed by atoms with Gasteiger partial charge in [-0.25, -0.2) is 0 Å². The molecule has 2 unspecified atom stereocenters. The first-order valence-electron chi connectivity index (χ1n) is 7.14. The predicted molar refractivity (Wildman–Crippen MR) is 89.4 cm³/mol. The van der Waals surface area contributed by atoms with E-state index in [1.165, 1.54) is 4.88 Å². The van der Waals surface area contributed by atoms with Gasteiger partial charge in [0.2, 0.25) is 0 Å². The lowest BCUT2D eigenvalue weighted by Gasteiger charge is -2.32. The molecule has 1 N–H and O–H groups in total. The maximum Gasteiger partial charge on any atom is 0.161 e. The fraction of sp³-hybridized carbons (Fsp3) is 0.375. The quantitative estimate of drug-likeness (QED) is 0.849. The van der Waals surface area contributed by atoms with Crippen LogP contribution in [0.3, 0.4) is 0 Å². The van der Waals surface area contributed by atoms with Gasteiger partial charge in [0.25, 0.3) is 0 Å². The molecule has 2 heterocycles. The molecule has 1 aromatic carbocycles. The Hall–Kier alpha value is -1.04. The molecule has 1 aliphatic heterocycles. The van der Waals surface area contributed by atoms with Gasteiger partial charge in [0, 0.05) is 9.35 Å². The van der Waals surface area contributed by atoms with E-state index in [1.807, 2.05) is 24.3 Å². The van der Waals surface area contributed by atoms with E-state index in [1.54, 1.807) is 11.3 Å². The van der Waals surface area contributed by atoms with Crippen LogP contribution in [-0.2, 0) is 0 Å². The molecule has 1 aliphatic rings. The average molecular weight is 368 g/mol. The molecular weight excluding hydrogens is 350 g/mol. The van der Waals surface area contributed by atoms with Crippen LogP contribution in [0.5, 0.6) is 11.5 Å². The van der Waals surface area contributed by atoms with Crippen LogP contribution in [0.2, 0.25) is 0 Å². The number of hydrogen-bond acceptors (Lipinski definition) is 4. The van der Waals surface area contributed by atoms with Crippen molar-refractivity contribution in [3.63, 3.8) is 0 Å². The summed E-state index contributed by atoms with van der Waals surface area (Å²) >= 11 is 5.37. The van der Waals surface area contributed by atoms with Gasteiger partial charge in [0.15, 0.2) is 17.6 Å². The van der Waals surface area contributed by atoms with Crippen LogP contribution >= 0.6 is 27.3 Å². The molecule has 0 spiro atoms. The molecule has 5 heteroatoms. The second-order valence-electron chi connectivity index (χ2n) is 4.98. The summed E-state index contributed by atoms with van der Waals surface area (Å²) in [5, 5.41) is 5.68. The summed E-state index contributed by atoms with van der Waals surface area (Å²) in [5.74, 6) is 1.65. The van der Waals surface area contributed by atoms with Crippen LogP contribution in [0.25, 0.3) is 0 Å². The standard InChI is InChI=1S/C16H18BrNO2S/c1-2-8-18-15(16-11(17)7-9-21-16)14-10-19-12-5-3-4-6-13(12)20-14/h3-7,9,14-15,18H,2,8,10H2,1H3. The number of ether oxygens (including phenoxy) is 2. The van der Waals surface area contributed by atoms with Crippen molar-refractivity contribution in [2.24, 2.45) is 0 Å². The third-order valence-corrected chi connectivity index (χ3v) is 5.40. The van der Waals surface area contributed by atoms with Crippen molar-refractivity contribution in [1.82, 2.24) is 5.32 Å². The minimum absolute atomic E-state index is 0.0265. The van der Waals surface area contributed by atoms with Crippen LogP contribution < -0.4 is 14.8 Å². The second kappa shape index (κ2) is 6.81. The molecule has 0 amide bonds. The average Bonchev–Trinajstić information content (AvgIpc) is 2.94. The van der Waals surface area contributed by atoms with E-state index in [9.17, 15) is 0 Å². The SMILES string of the molecule is CCCNC(c1sccc1Br)C1COc2ccccc2O1. The van der Waals surface area contributed by atoms with Gasteiger partial charge in [-0.05, 0) is 52.5 Å². The molecule has 3 rings (SSSR count). The van der Waals surface area contributed by atoms with Gasteiger partial charge < -0.3 is 14.8 Å². The number of rotatable bonds is 5. The minimum atomic E-state index is -0.0265. The van der Waals surface area contributed by atoms with Crippen molar-refractivity contribution in [3.8, 4) is 11.5 Å². The molecule has 2 atom stereocenters. The number of fused-ring (bicyclic) bond motifs is 1. The molecule has 0 saturated carbocycles. The summed E-state index contributed by atoms with van der Waals surface area (Å²) in [7, 11) is 0. The van der Waals surface area contributed by atoms with E-state index in [2.05, 4.69) is 39.6 Å². The molecule has 0 saturated heterocycles. The summed E-state index contributed by atoms with van der Waals surface area (Å²) in [4.78, 5) is 1.26. The Morgan fingerprint density at radius 1 is 1.33 bits per heavy atom. The van der Waals surface area contributed by atoms with Crippen LogP contribution in [0.1, 0.15) is 24.3 Å². The van der Waals surface area contributed by atoms with E-state index in [4.69, 9.17) is 9.47 Å². The van der Waals surface area contributed by atoms with E-state index in [0.29, 0.717) is 6.61 Å². The highest BCUT2D eigenvalue weighted by atomic mass is 79.9. The molecule has 21 heavy (non-hydrogen) atoms. The first kappa shape index (κ1) is 14.9. The van der Waals surface area contributed by atoms with Gasteiger partial charge in [-0.15, -0.1) is 11.3 Å². The summed E-state index contributed by atoms with van der Waals surface area (Å²) in [6.45, 7) is 3.68. The molecule has 0 radical (unpaired) electrons. The molecule has 1 aromatic heterocycles. The zero-order valence-electron chi connectivity index (χ0n) is 11.8. The van der Waals surface area contributed by atoms with Crippen molar-refractivity contribution in [2.75, 3.05) is 13.2 Å². The van der Waals surface area contributed by atoms with E-state index in [-0.39, 0.29) is 12.1 Å². The van der Waals surface area contributed by atoms with Gasteiger partial charge in [0.05, 0.1) is 6.04 Å². The van der Waals surface area contributed by atoms with Gasteiger partial charge in [-0.3, -0.25) is 0 Å². The third-order valence-electron chi connectivity index (χ3n) is 3.44. The molecule has 0 bridgehead atoms. The lowest BCUT2D eigenvalue weighted by molar-refractivity contribution is 0.0624. The van der Waals surface area contributed by atoms with Crippen molar-refractivity contribution in [3.05, 3.63) is 45.1 Å². The van der Waals surface area contributed by atoms with Crippen molar-refractivity contribution < 1.29 is 9.47 Å². The van der Waals surface area contributed by atoms with Crippen LogP contribution in [0.15, 0.2) is 40.2 Å². The summed E-state index contributed by atoms with van der Waals surface area (Å²) < 4.78 is 13.2. The van der Waals surface area contributed by atoms with E-state index < -0.39 is 0 Å². The van der Waals surface area contributed by atoms with E-state index >= 15 is 0 Å². The van der Waals surface area contributed by atoms with Crippen LogP contribution in [0, 0.1) is 0 Å².